The van der Waals surface area contributed by atoms with Gasteiger partial charge < -0.3 is 19.9 Å². The summed E-state index contributed by atoms with van der Waals surface area (Å²) in [5, 5.41) is 7.15. The van der Waals surface area contributed by atoms with Crippen molar-refractivity contribution in [1.29, 1.82) is 0 Å². The first-order valence-electron chi connectivity index (χ1n) is 15.1. The van der Waals surface area contributed by atoms with Gasteiger partial charge in [0, 0.05) is 42.4 Å². The van der Waals surface area contributed by atoms with Gasteiger partial charge in [-0.2, -0.15) is 16.9 Å². The number of carbonyl (C=O) groups excluding carboxylic acids is 2. The monoisotopic (exact) mass is 601 g/mol. The van der Waals surface area contributed by atoms with E-state index < -0.39 is 5.91 Å². The van der Waals surface area contributed by atoms with Gasteiger partial charge in [-0.1, -0.05) is 26.0 Å². The molecule has 43 heavy (non-hydrogen) atoms. The molecule has 0 aliphatic carbocycles. The van der Waals surface area contributed by atoms with Gasteiger partial charge in [0.15, 0.2) is 0 Å². The Labute approximate surface area is 259 Å². The van der Waals surface area contributed by atoms with Crippen molar-refractivity contribution in [2.24, 2.45) is 5.10 Å². The van der Waals surface area contributed by atoms with E-state index in [1.54, 1.807) is 19.4 Å². The van der Waals surface area contributed by atoms with Crippen LogP contribution >= 0.6 is 11.8 Å². The standard InChI is InChI=1S/C34H43N5O3S/c1-4-38(5-2)20-21-43-25-27-10-9-11-28(22-27)33(40)36-32-17-14-29(39-18-7-6-8-19-39)23-31(32)34(41)37-35-24-26-12-15-30(42-3)16-13-26/h9-17,22-24H,4-8,18-21,25H2,1-3H3,(H,36,40)(H,37,41). The van der Waals surface area contributed by atoms with Gasteiger partial charge in [0.05, 0.1) is 24.6 Å². The Balaban J connectivity index is 1.47. The largest absolute Gasteiger partial charge is 0.497 e. The van der Waals surface area contributed by atoms with E-state index in [2.05, 4.69) is 39.5 Å². The third-order valence-electron chi connectivity index (χ3n) is 7.62. The summed E-state index contributed by atoms with van der Waals surface area (Å²) in [6.45, 7) is 9.43. The number of carbonyl (C=O) groups is 2. The molecule has 2 amide bonds. The number of methoxy groups -OCH3 is 1. The number of hydrogen-bond acceptors (Lipinski definition) is 7. The number of nitrogens with one attached hydrogen (secondary N) is 2. The topological polar surface area (TPSA) is 86.3 Å². The molecule has 1 aliphatic heterocycles. The van der Waals surface area contributed by atoms with E-state index in [4.69, 9.17) is 4.74 Å². The number of benzene rings is 3. The van der Waals surface area contributed by atoms with Crippen LogP contribution in [0.2, 0.25) is 0 Å². The van der Waals surface area contributed by atoms with Gasteiger partial charge in [-0.15, -0.1) is 0 Å². The minimum atomic E-state index is -0.391. The Kier molecular flexibility index (Phi) is 12.5. The number of rotatable bonds is 14. The molecule has 0 aromatic heterocycles. The SMILES string of the molecule is CCN(CC)CCSCc1cccc(C(=O)Nc2ccc(N3CCCCC3)cc2C(=O)NN=Cc2ccc(OC)cc2)c1. The quantitative estimate of drug-likeness (QED) is 0.129. The highest BCUT2D eigenvalue weighted by molar-refractivity contribution is 7.98. The van der Waals surface area contributed by atoms with Crippen LogP contribution in [0.4, 0.5) is 11.4 Å². The van der Waals surface area contributed by atoms with Gasteiger partial charge in [0.1, 0.15) is 5.75 Å². The average Bonchev–Trinajstić information content (AvgIpc) is 3.05. The van der Waals surface area contributed by atoms with Gasteiger partial charge in [-0.05, 0) is 98.1 Å². The highest BCUT2D eigenvalue weighted by atomic mass is 32.2. The third-order valence-corrected chi connectivity index (χ3v) is 8.63. The van der Waals surface area contributed by atoms with Crippen molar-refractivity contribution in [3.05, 3.63) is 89.0 Å². The molecule has 8 nitrogen and oxygen atoms in total. The lowest BCUT2D eigenvalue weighted by Crippen LogP contribution is -2.30. The molecule has 2 N–H and O–H groups in total. The molecule has 1 fully saturated rings. The van der Waals surface area contributed by atoms with Gasteiger partial charge in [-0.25, -0.2) is 5.43 Å². The fourth-order valence-electron chi connectivity index (χ4n) is 5.01. The minimum absolute atomic E-state index is 0.253. The Hall–Kier alpha value is -3.82. The molecule has 4 rings (SSSR count). The van der Waals surface area contributed by atoms with Crippen LogP contribution in [0.3, 0.4) is 0 Å². The predicted molar refractivity (Wildman–Crippen MR) is 179 cm³/mol. The van der Waals surface area contributed by atoms with Crippen LogP contribution in [0, 0.1) is 0 Å². The first kappa shape index (κ1) is 32.1. The van der Waals surface area contributed by atoms with Crippen LogP contribution in [0.1, 0.15) is 65.0 Å². The van der Waals surface area contributed by atoms with Crippen molar-refractivity contribution in [2.75, 3.05) is 55.8 Å². The number of ether oxygens (including phenoxy) is 1. The van der Waals surface area contributed by atoms with Gasteiger partial charge in [-0.3, -0.25) is 9.59 Å². The second kappa shape index (κ2) is 16.7. The van der Waals surface area contributed by atoms with E-state index in [9.17, 15) is 9.59 Å². The molecule has 9 heteroatoms. The second-order valence-corrected chi connectivity index (χ2v) is 11.6. The molecule has 1 saturated heterocycles. The number of piperidine rings is 1. The van der Waals surface area contributed by atoms with Crippen molar-refractivity contribution in [1.82, 2.24) is 10.3 Å². The summed E-state index contributed by atoms with van der Waals surface area (Å²) in [6.07, 6.45) is 5.04. The highest BCUT2D eigenvalue weighted by Crippen LogP contribution is 2.27. The molecule has 0 radical (unpaired) electrons. The van der Waals surface area contributed by atoms with E-state index in [0.717, 1.165) is 79.6 Å². The number of thioether (sulfide) groups is 1. The summed E-state index contributed by atoms with van der Waals surface area (Å²) in [7, 11) is 1.61. The van der Waals surface area contributed by atoms with Crippen molar-refractivity contribution in [3.8, 4) is 5.75 Å². The number of anilines is 2. The van der Waals surface area contributed by atoms with Crippen LogP contribution in [-0.2, 0) is 5.75 Å². The first-order valence-corrected chi connectivity index (χ1v) is 16.2. The number of hydrazone groups is 1. The molecule has 0 atom stereocenters. The van der Waals surface area contributed by atoms with E-state index >= 15 is 0 Å². The van der Waals surface area contributed by atoms with Gasteiger partial charge in [0.25, 0.3) is 11.8 Å². The first-order chi connectivity index (χ1) is 21.0. The molecule has 0 bridgehead atoms. The van der Waals surface area contributed by atoms with Crippen molar-refractivity contribution >= 4 is 41.2 Å². The number of amides is 2. The summed E-state index contributed by atoms with van der Waals surface area (Å²) in [4.78, 5) is 31.4. The Bertz CT molecular complexity index is 1370. The summed E-state index contributed by atoms with van der Waals surface area (Å²) >= 11 is 1.87. The van der Waals surface area contributed by atoms with E-state index in [0.29, 0.717) is 16.8 Å². The molecule has 0 unspecified atom stereocenters. The molecule has 1 aliphatic rings. The third kappa shape index (κ3) is 9.59. The van der Waals surface area contributed by atoms with Crippen molar-refractivity contribution in [3.63, 3.8) is 0 Å². The van der Waals surface area contributed by atoms with Crippen LogP contribution in [0.5, 0.6) is 5.75 Å². The van der Waals surface area contributed by atoms with Gasteiger partial charge >= 0.3 is 0 Å². The molecular weight excluding hydrogens is 558 g/mol. The predicted octanol–water partition coefficient (Wildman–Crippen LogP) is 6.28. The summed E-state index contributed by atoms with van der Waals surface area (Å²) < 4.78 is 5.20. The lowest BCUT2D eigenvalue weighted by atomic mass is 10.1. The summed E-state index contributed by atoms with van der Waals surface area (Å²) in [6, 6.07) is 20.7. The molecule has 0 saturated carbocycles. The number of hydrogen-bond donors (Lipinski definition) is 2. The Morgan fingerprint density at radius 1 is 0.977 bits per heavy atom. The van der Waals surface area contributed by atoms with E-state index in [-0.39, 0.29) is 5.91 Å². The van der Waals surface area contributed by atoms with Gasteiger partial charge in [0.2, 0.25) is 0 Å². The maximum atomic E-state index is 13.4. The average molecular weight is 602 g/mol. The normalized spacial score (nSPS) is 13.3. The fraction of sp³-hybridized carbons (Fsp3) is 0.382. The number of nitrogens with zero attached hydrogens (tertiary/aromatic N) is 3. The Morgan fingerprint density at radius 3 is 2.47 bits per heavy atom. The van der Waals surface area contributed by atoms with E-state index in [1.807, 2.05) is 72.4 Å². The lowest BCUT2D eigenvalue weighted by molar-refractivity contribution is 0.0956. The summed E-state index contributed by atoms with van der Waals surface area (Å²) in [5.74, 6) is 1.98. The fourth-order valence-corrected chi connectivity index (χ4v) is 5.96. The van der Waals surface area contributed by atoms with Crippen LogP contribution in [-0.4, -0.2) is 68.5 Å². The smallest absolute Gasteiger partial charge is 0.273 e. The zero-order valence-corrected chi connectivity index (χ0v) is 26.3. The molecule has 3 aromatic carbocycles. The van der Waals surface area contributed by atoms with Crippen LogP contribution in [0.25, 0.3) is 0 Å². The summed E-state index contributed by atoms with van der Waals surface area (Å²) in [5.41, 5.74) is 6.90. The van der Waals surface area contributed by atoms with Crippen LogP contribution < -0.4 is 20.4 Å². The zero-order valence-electron chi connectivity index (χ0n) is 25.5. The lowest BCUT2D eigenvalue weighted by Gasteiger charge is -2.29. The second-order valence-electron chi connectivity index (χ2n) is 10.5. The Morgan fingerprint density at radius 2 is 1.74 bits per heavy atom. The van der Waals surface area contributed by atoms with E-state index in [1.165, 1.54) is 6.42 Å². The highest BCUT2D eigenvalue weighted by Gasteiger charge is 2.19. The maximum absolute atomic E-state index is 13.4. The zero-order chi connectivity index (χ0) is 30.4. The molecule has 0 spiro atoms. The van der Waals surface area contributed by atoms with Crippen molar-refractivity contribution < 1.29 is 14.3 Å². The molecule has 3 aromatic rings. The van der Waals surface area contributed by atoms with Crippen LogP contribution in [0.15, 0.2) is 71.8 Å². The van der Waals surface area contributed by atoms with Crippen molar-refractivity contribution in [2.45, 2.75) is 38.9 Å². The molecule has 228 valence electrons. The maximum Gasteiger partial charge on any atom is 0.273 e. The molecule has 1 heterocycles. The molecular formula is C34H43N5O3S. The minimum Gasteiger partial charge on any atom is -0.497 e.